The molecule has 1 saturated heterocycles. The van der Waals surface area contributed by atoms with E-state index in [-0.39, 0.29) is 10.6 Å². The first-order chi connectivity index (χ1) is 8.72. The third-order valence-electron chi connectivity index (χ3n) is 3.13. The van der Waals surface area contributed by atoms with Gasteiger partial charge in [0.15, 0.2) is 0 Å². The summed E-state index contributed by atoms with van der Waals surface area (Å²) in [4.78, 5) is 12.0. The van der Waals surface area contributed by atoms with Crippen LogP contribution in [0, 0.1) is 0 Å². The number of aryl methyl sites for hydroxylation is 1. The van der Waals surface area contributed by atoms with Crippen molar-refractivity contribution in [3.63, 3.8) is 0 Å². The van der Waals surface area contributed by atoms with E-state index in [2.05, 4.69) is 22.7 Å². The van der Waals surface area contributed by atoms with Gasteiger partial charge in [-0.2, -0.15) is 5.10 Å². The number of nitrogens with zero attached hydrogens (tertiary/aromatic N) is 2. The zero-order valence-corrected chi connectivity index (χ0v) is 11.3. The molecule has 1 aromatic heterocycles. The Morgan fingerprint density at radius 3 is 3.17 bits per heavy atom. The molecule has 0 spiro atoms. The van der Waals surface area contributed by atoms with E-state index >= 15 is 0 Å². The second-order valence-electron chi connectivity index (χ2n) is 4.59. The van der Waals surface area contributed by atoms with Gasteiger partial charge in [-0.05, 0) is 19.4 Å². The highest BCUT2D eigenvalue weighted by Gasteiger charge is 2.17. The van der Waals surface area contributed by atoms with Crippen LogP contribution in [0.15, 0.2) is 11.0 Å². The first-order valence-corrected chi connectivity index (χ1v) is 6.83. The molecule has 6 heteroatoms. The smallest absolute Gasteiger partial charge is 0.287 e. The van der Waals surface area contributed by atoms with Gasteiger partial charge in [0.05, 0.1) is 11.9 Å². The molecule has 1 atom stereocenters. The highest BCUT2D eigenvalue weighted by molar-refractivity contribution is 6.32. The predicted octanol–water partition coefficient (Wildman–Crippen LogP) is 1.47. The molecule has 2 heterocycles. The molecule has 0 amide bonds. The molecule has 1 aromatic rings. The molecular formula is C12H19ClN4O. The molecule has 2 rings (SSSR count). The maximum Gasteiger partial charge on any atom is 0.287 e. The Morgan fingerprint density at radius 2 is 2.50 bits per heavy atom. The maximum atomic E-state index is 12.0. The summed E-state index contributed by atoms with van der Waals surface area (Å²) in [6, 6.07) is 0.329. The highest BCUT2D eigenvalue weighted by Crippen LogP contribution is 2.18. The molecule has 2 N–H and O–H groups in total. The Hall–Kier alpha value is -1.07. The number of unbranched alkanes of at least 4 members (excludes halogenated alkanes) is 1. The van der Waals surface area contributed by atoms with Gasteiger partial charge in [0, 0.05) is 19.1 Å². The number of anilines is 1. The quantitative estimate of drug-likeness (QED) is 0.851. The van der Waals surface area contributed by atoms with Crippen LogP contribution in [0.1, 0.15) is 26.2 Å². The van der Waals surface area contributed by atoms with Crippen molar-refractivity contribution in [2.75, 3.05) is 18.4 Å². The average molecular weight is 271 g/mol. The molecule has 0 bridgehead atoms. The van der Waals surface area contributed by atoms with Gasteiger partial charge < -0.3 is 10.6 Å². The van der Waals surface area contributed by atoms with Crippen LogP contribution in [-0.2, 0) is 6.54 Å². The van der Waals surface area contributed by atoms with Crippen molar-refractivity contribution in [3.05, 3.63) is 21.6 Å². The summed E-state index contributed by atoms with van der Waals surface area (Å²) < 4.78 is 1.43. The third kappa shape index (κ3) is 3.03. The zero-order valence-electron chi connectivity index (χ0n) is 10.6. The molecule has 1 fully saturated rings. The second kappa shape index (κ2) is 6.20. The van der Waals surface area contributed by atoms with Gasteiger partial charge >= 0.3 is 0 Å². The van der Waals surface area contributed by atoms with E-state index in [4.69, 9.17) is 11.6 Å². The lowest BCUT2D eigenvalue weighted by Crippen LogP contribution is -2.27. The summed E-state index contributed by atoms with van der Waals surface area (Å²) >= 11 is 6.10. The van der Waals surface area contributed by atoms with Gasteiger partial charge in [-0.15, -0.1) is 0 Å². The first kappa shape index (κ1) is 13.4. The number of hydrogen-bond acceptors (Lipinski definition) is 4. The lowest BCUT2D eigenvalue weighted by molar-refractivity contribution is 0.543. The van der Waals surface area contributed by atoms with Crippen LogP contribution in [0.2, 0.25) is 5.02 Å². The molecule has 0 aliphatic carbocycles. The molecule has 1 unspecified atom stereocenters. The van der Waals surface area contributed by atoms with Crippen LogP contribution in [-0.4, -0.2) is 28.9 Å². The maximum absolute atomic E-state index is 12.0. The minimum atomic E-state index is -0.207. The SMILES string of the molecule is CCCCn1ncc(NC2CCNC2)c(Cl)c1=O. The van der Waals surface area contributed by atoms with Crippen molar-refractivity contribution in [2.45, 2.75) is 38.8 Å². The van der Waals surface area contributed by atoms with Crippen molar-refractivity contribution >= 4 is 17.3 Å². The number of rotatable bonds is 5. The summed E-state index contributed by atoms with van der Waals surface area (Å²) in [6.07, 6.45) is 4.65. The van der Waals surface area contributed by atoms with E-state index in [0.29, 0.717) is 18.3 Å². The van der Waals surface area contributed by atoms with Crippen molar-refractivity contribution in [1.82, 2.24) is 15.1 Å². The van der Waals surface area contributed by atoms with E-state index in [9.17, 15) is 4.79 Å². The molecule has 18 heavy (non-hydrogen) atoms. The topological polar surface area (TPSA) is 59.0 Å². The van der Waals surface area contributed by atoms with Crippen molar-refractivity contribution in [1.29, 1.82) is 0 Å². The van der Waals surface area contributed by atoms with Gasteiger partial charge in [-0.3, -0.25) is 4.79 Å². The van der Waals surface area contributed by atoms with Crippen LogP contribution in [0.3, 0.4) is 0 Å². The monoisotopic (exact) mass is 270 g/mol. The Kier molecular flexibility index (Phi) is 4.60. The molecule has 0 saturated carbocycles. The van der Waals surface area contributed by atoms with Crippen LogP contribution in [0.4, 0.5) is 5.69 Å². The lowest BCUT2D eigenvalue weighted by atomic mass is 10.2. The van der Waals surface area contributed by atoms with E-state index in [1.807, 2.05) is 0 Å². The van der Waals surface area contributed by atoms with Crippen LogP contribution in [0.5, 0.6) is 0 Å². The number of halogens is 1. The van der Waals surface area contributed by atoms with Crippen molar-refractivity contribution < 1.29 is 0 Å². The normalized spacial score (nSPS) is 19.1. The van der Waals surface area contributed by atoms with Gasteiger partial charge in [0.2, 0.25) is 0 Å². The molecular weight excluding hydrogens is 252 g/mol. The van der Waals surface area contributed by atoms with Crippen LogP contribution >= 0.6 is 11.6 Å². The predicted molar refractivity (Wildman–Crippen MR) is 73.3 cm³/mol. The van der Waals surface area contributed by atoms with Crippen LogP contribution < -0.4 is 16.2 Å². The fourth-order valence-electron chi connectivity index (χ4n) is 2.03. The number of aromatic nitrogens is 2. The largest absolute Gasteiger partial charge is 0.378 e. The van der Waals surface area contributed by atoms with Gasteiger partial charge in [-0.25, -0.2) is 4.68 Å². The Balaban J connectivity index is 2.12. The third-order valence-corrected chi connectivity index (χ3v) is 3.49. The Morgan fingerprint density at radius 1 is 1.67 bits per heavy atom. The van der Waals surface area contributed by atoms with E-state index < -0.39 is 0 Å². The van der Waals surface area contributed by atoms with E-state index in [1.54, 1.807) is 6.20 Å². The average Bonchev–Trinajstić information content (AvgIpc) is 2.87. The molecule has 0 aromatic carbocycles. The summed E-state index contributed by atoms with van der Waals surface area (Å²) in [6.45, 7) is 4.60. The summed E-state index contributed by atoms with van der Waals surface area (Å²) in [7, 11) is 0. The number of nitrogens with one attached hydrogen (secondary N) is 2. The van der Waals surface area contributed by atoms with Gasteiger partial charge in [0.1, 0.15) is 5.02 Å². The van der Waals surface area contributed by atoms with Crippen molar-refractivity contribution in [2.24, 2.45) is 0 Å². The fraction of sp³-hybridized carbons (Fsp3) is 0.667. The minimum Gasteiger partial charge on any atom is -0.378 e. The van der Waals surface area contributed by atoms with Crippen molar-refractivity contribution in [3.8, 4) is 0 Å². The molecule has 1 aliphatic rings. The zero-order chi connectivity index (χ0) is 13.0. The van der Waals surface area contributed by atoms with Gasteiger partial charge in [0.25, 0.3) is 5.56 Å². The van der Waals surface area contributed by atoms with Crippen LogP contribution in [0.25, 0.3) is 0 Å². The molecule has 5 nitrogen and oxygen atoms in total. The number of hydrogen-bond donors (Lipinski definition) is 2. The summed E-state index contributed by atoms with van der Waals surface area (Å²) in [5, 5.41) is 10.9. The first-order valence-electron chi connectivity index (χ1n) is 6.45. The highest BCUT2D eigenvalue weighted by atomic mass is 35.5. The molecule has 100 valence electrons. The van der Waals surface area contributed by atoms with Gasteiger partial charge in [-0.1, -0.05) is 24.9 Å². The van der Waals surface area contributed by atoms with E-state index in [1.165, 1.54) is 4.68 Å². The summed E-state index contributed by atoms with van der Waals surface area (Å²) in [5.74, 6) is 0. The second-order valence-corrected chi connectivity index (χ2v) is 4.97. The Bertz CT molecular complexity index is 454. The standard InChI is InChI=1S/C12H19ClN4O/c1-2-3-6-17-12(18)11(13)10(8-15-17)16-9-4-5-14-7-9/h8-9,14,16H,2-7H2,1H3. The molecule has 0 radical (unpaired) electrons. The fourth-order valence-corrected chi connectivity index (χ4v) is 2.23. The lowest BCUT2D eigenvalue weighted by Gasteiger charge is -2.14. The summed E-state index contributed by atoms with van der Waals surface area (Å²) in [5.41, 5.74) is 0.434. The minimum absolute atomic E-state index is 0.207. The van der Waals surface area contributed by atoms with E-state index in [0.717, 1.165) is 32.4 Å². The molecule has 1 aliphatic heterocycles. The Labute approximate surface area is 112 Å².